The highest BCUT2D eigenvalue weighted by atomic mass is 16.3. The number of aromatic hydroxyl groups is 1. The summed E-state index contributed by atoms with van der Waals surface area (Å²) in [5, 5.41) is 10.9. The number of para-hydroxylation sites is 1. The largest absolute Gasteiger partial charge is 0.507 e. The van der Waals surface area contributed by atoms with Gasteiger partial charge in [0.15, 0.2) is 0 Å². The van der Waals surface area contributed by atoms with E-state index in [9.17, 15) is 5.11 Å². The van der Waals surface area contributed by atoms with Crippen molar-refractivity contribution in [2.24, 2.45) is 0 Å². The molecule has 2 nitrogen and oxygen atoms in total. The average Bonchev–Trinajstić information content (AvgIpc) is 2.73. The van der Waals surface area contributed by atoms with Crippen molar-refractivity contribution in [1.82, 2.24) is 0 Å². The summed E-state index contributed by atoms with van der Waals surface area (Å²) in [6.07, 6.45) is 0. The highest BCUT2D eigenvalue weighted by Crippen LogP contribution is 2.34. The summed E-state index contributed by atoms with van der Waals surface area (Å²) in [7, 11) is 0. The highest BCUT2D eigenvalue weighted by molar-refractivity contribution is 6.07. The van der Waals surface area contributed by atoms with Crippen LogP contribution in [-0.2, 0) is 0 Å². The normalized spacial score (nSPS) is 14.1. The zero-order chi connectivity index (χ0) is 12.2. The van der Waals surface area contributed by atoms with Crippen LogP contribution in [0.1, 0.15) is 4.11 Å². The van der Waals surface area contributed by atoms with Gasteiger partial charge in [0, 0.05) is 5.39 Å². The second-order valence-electron chi connectivity index (χ2n) is 3.03. The first kappa shape index (κ1) is 5.05. The lowest BCUT2D eigenvalue weighted by Gasteiger charge is -1.92. The molecule has 2 heteroatoms. The van der Waals surface area contributed by atoms with E-state index in [1.165, 1.54) is 0 Å². The monoisotopic (exact) mass is 187 g/mol. The van der Waals surface area contributed by atoms with Gasteiger partial charge in [-0.25, -0.2) is 0 Å². The fourth-order valence-corrected chi connectivity index (χ4v) is 1.58. The maximum absolute atomic E-state index is 9.90. The molecular formula is C12H8O2. The number of furan rings is 1. The third kappa shape index (κ3) is 0.852. The summed E-state index contributed by atoms with van der Waals surface area (Å²) in [6.45, 7) is 0. The van der Waals surface area contributed by atoms with E-state index in [1.807, 2.05) is 0 Å². The molecule has 3 aromatic rings. The Kier molecular flexibility index (Phi) is 0.907. The third-order valence-corrected chi connectivity index (χ3v) is 2.19. The first-order valence-corrected chi connectivity index (χ1v) is 4.21. The SMILES string of the molecule is [2H]c1c([2H])c(O)c2c(oc3ccccc32)c1[2H]. The lowest BCUT2D eigenvalue weighted by molar-refractivity contribution is 0.481. The highest BCUT2D eigenvalue weighted by Gasteiger charge is 2.08. The predicted octanol–water partition coefficient (Wildman–Crippen LogP) is 3.29. The third-order valence-electron chi connectivity index (χ3n) is 2.19. The van der Waals surface area contributed by atoms with E-state index in [1.54, 1.807) is 24.3 Å². The Bertz CT molecular complexity index is 746. The number of fused-ring (bicyclic) bond motifs is 3. The summed E-state index contributed by atoms with van der Waals surface area (Å²) in [5.74, 6) is -0.300. The van der Waals surface area contributed by atoms with Crippen LogP contribution < -0.4 is 0 Å². The standard InChI is InChI=1S/C12H8O2/c13-9-5-3-7-11-12(9)8-4-1-2-6-10(8)14-11/h1-7,13H/i3D,5D,7D. The van der Waals surface area contributed by atoms with Crippen molar-refractivity contribution in [1.29, 1.82) is 0 Å². The van der Waals surface area contributed by atoms with Gasteiger partial charge in [0.25, 0.3) is 0 Å². The number of rotatable bonds is 0. The van der Waals surface area contributed by atoms with Gasteiger partial charge in [-0.15, -0.1) is 0 Å². The van der Waals surface area contributed by atoms with Crippen molar-refractivity contribution in [2.45, 2.75) is 0 Å². The molecule has 0 amide bonds. The Balaban J connectivity index is 2.67. The molecule has 1 heterocycles. The summed E-state index contributed by atoms with van der Waals surface area (Å²) >= 11 is 0. The van der Waals surface area contributed by atoms with Gasteiger partial charge in [-0.2, -0.15) is 0 Å². The van der Waals surface area contributed by atoms with E-state index in [4.69, 9.17) is 8.53 Å². The van der Waals surface area contributed by atoms with Crippen molar-refractivity contribution in [2.75, 3.05) is 0 Å². The molecule has 0 radical (unpaired) electrons. The lowest BCUT2D eigenvalue weighted by atomic mass is 10.1. The molecule has 3 rings (SSSR count). The molecule has 2 aromatic carbocycles. The maximum atomic E-state index is 9.90. The van der Waals surface area contributed by atoms with Gasteiger partial charge in [-0.05, 0) is 18.2 Å². The number of hydrogen-bond donors (Lipinski definition) is 1. The van der Waals surface area contributed by atoms with Gasteiger partial charge in [0.2, 0.25) is 0 Å². The van der Waals surface area contributed by atoms with E-state index in [-0.39, 0.29) is 29.5 Å². The molecule has 0 saturated heterocycles. The Morgan fingerprint density at radius 3 is 2.93 bits per heavy atom. The van der Waals surface area contributed by atoms with Crippen LogP contribution in [0.15, 0.2) is 46.8 Å². The fraction of sp³-hybridized carbons (Fsp3) is 0. The number of phenols is 1. The van der Waals surface area contributed by atoms with E-state index < -0.39 is 0 Å². The van der Waals surface area contributed by atoms with Crippen molar-refractivity contribution in [3.05, 3.63) is 42.4 Å². The Hall–Kier alpha value is -1.96. The van der Waals surface area contributed by atoms with Crippen molar-refractivity contribution in [3.63, 3.8) is 0 Å². The topological polar surface area (TPSA) is 33.4 Å². The van der Waals surface area contributed by atoms with Crippen molar-refractivity contribution >= 4 is 21.9 Å². The predicted molar refractivity (Wildman–Crippen MR) is 55.4 cm³/mol. The molecular weight excluding hydrogens is 176 g/mol. The van der Waals surface area contributed by atoms with Gasteiger partial charge in [-0.3, -0.25) is 0 Å². The molecule has 0 bridgehead atoms. The maximum Gasteiger partial charge on any atom is 0.139 e. The molecule has 0 aliphatic heterocycles. The van der Waals surface area contributed by atoms with E-state index >= 15 is 0 Å². The number of phenolic OH excluding ortho intramolecular Hbond substituents is 1. The van der Waals surface area contributed by atoms with E-state index in [2.05, 4.69) is 0 Å². The first-order valence-electron chi connectivity index (χ1n) is 5.71. The molecule has 0 fully saturated rings. The van der Waals surface area contributed by atoms with Gasteiger partial charge in [0.05, 0.1) is 9.50 Å². The quantitative estimate of drug-likeness (QED) is 0.585. The van der Waals surface area contributed by atoms with Crippen LogP contribution in [0.3, 0.4) is 0 Å². The Morgan fingerprint density at radius 1 is 1.14 bits per heavy atom. The lowest BCUT2D eigenvalue weighted by Crippen LogP contribution is -1.67. The molecule has 1 N–H and O–H groups in total. The summed E-state index contributed by atoms with van der Waals surface area (Å²) in [4.78, 5) is 0. The minimum atomic E-state index is -0.339. The van der Waals surface area contributed by atoms with Crippen molar-refractivity contribution in [3.8, 4) is 5.75 Å². The van der Waals surface area contributed by atoms with Crippen LogP contribution in [0.5, 0.6) is 5.75 Å². The Labute approximate surface area is 84.6 Å². The van der Waals surface area contributed by atoms with Crippen molar-refractivity contribution < 1.29 is 13.6 Å². The molecule has 14 heavy (non-hydrogen) atoms. The first-order chi connectivity index (χ1) is 8.11. The molecule has 0 saturated carbocycles. The van der Waals surface area contributed by atoms with Crippen LogP contribution in [-0.4, -0.2) is 5.11 Å². The van der Waals surface area contributed by atoms with Gasteiger partial charge >= 0.3 is 0 Å². The molecule has 0 aliphatic carbocycles. The van der Waals surface area contributed by atoms with Crippen LogP contribution in [0.2, 0.25) is 0 Å². The van der Waals surface area contributed by atoms with Crippen LogP contribution in [0.4, 0.5) is 0 Å². The summed E-state index contributed by atoms with van der Waals surface area (Å²) in [6, 6.07) is 6.22. The second-order valence-corrected chi connectivity index (χ2v) is 3.03. The van der Waals surface area contributed by atoms with Gasteiger partial charge in [0.1, 0.15) is 16.9 Å². The van der Waals surface area contributed by atoms with E-state index in [0.717, 1.165) is 0 Å². The molecule has 0 aliphatic rings. The molecule has 0 atom stereocenters. The van der Waals surface area contributed by atoms with E-state index in [0.29, 0.717) is 16.4 Å². The van der Waals surface area contributed by atoms with Gasteiger partial charge in [-0.1, -0.05) is 24.2 Å². The minimum Gasteiger partial charge on any atom is -0.507 e. The zero-order valence-corrected chi connectivity index (χ0v) is 7.16. The van der Waals surface area contributed by atoms with Crippen LogP contribution in [0, 0.1) is 0 Å². The van der Waals surface area contributed by atoms with Gasteiger partial charge < -0.3 is 9.52 Å². The second kappa shape index (κ2) is 2.51. The zero-order valence-electron chi connectivity index (χ0n) is 10.2. The average molecular weight is 187 g/mol. The summed E-state index contributed by atoms with van der Waals surface area (Å²) in [5.41, 5.74) is 0.695. The fourth-order valence-electron chi connectivity index (χ4n) is 1.58. The minimum absolute atomic E-state index is 0.157. The smallest absolute Gasteiger partial charge is 0.139 e. The number of benzene rings is 2. The molecule has 68 valence electrons. The Morgan fingerprint density at radius 2 is 2.00 bits per heavy atom. The van der Waals surface area contributed by atoms with Crippen LogP contribution in [0.25, 0.3) is 21.9 Å². The van der Waals surface area contributed by atoms with Crippen LogP contribution >= 0.6 is 0 Å². The molecule has 1 aromatic heterocycles. The molecule has 0 spiro atoms. The summed E-state index contributed by atoms with van der Waals surface area (Å²) < 4.78 is 28.3. The number of hydrogen-bond acceptors (Lipinski definition) is 2. The molecule has 0 unspecified atom stereocenters.